The van der Waals surface area contributed by atoms with Gasteiger partial charge in [0.15, 0.2) is 0 Å². The molecule has 2 rings (SSSR count). The highest BCUT2D eigenvalue weighted by Crippen LogP contribution is 2.20. The van der Waals surface area contributed by atoms with Gasteiger partial charge in [-0.1, -0.05) is 43.3 Å². The van der Waals surface area contributed by atoms with E-state index in [4.69, 9.17) is 4.74 Å². The van der Waals surface area contributed by atoms with E-state index in [1.807, 2.05) is 54.6 Å². The second-order valence-electron chi connectivity index (χ2n) is 5.17. The fourth-order valence-corrected chi connectivity index (χ4v) is 2.00. The van der Waals surface area contributed by atoms with Crippen molar-refractivity contribution in [2.75, 3.05) is 11.9 Å². The molecule has 2 aromatic carbocycles. The molecule has 0 bridgehead atoms. The maximum Gasteiger partial charge on any atom is 0.121 e. The maximum absolute atomic E-state index is 10.1. The van der Waals surface area contributed by atoms with Crippen LogP contribution in [-0.4, -0.2) is 17.8 Å². The molecule has 0 aliphatic rings. The van der Waals surface area contributed by atoms with Crippen molar-refractivity contribution >= 4 is 5.69 Å². The first kappa shape index (κ1) is 15.4. The highest BCUT2D eigenvalue weighted by atomic mass is 16.5. The third-order valence-corrected chi connectivity index (χ3v) is 3.43. The molecule has 2 N–H and O–H groups in total. The van der Waals surface area contributed by atoms with E-state index in [1.54, 1.807) is 0 Å². The SMILES string of the molecule is CCC(C)Oc1cccc(NCC(O)c2ccccc2)c1. The van der Waals surface area contributed by atoms with Crippen molar-refractivity contribution in [3.05, 3.63) is 60.2 Å². The predicted molar refractivity (Wildman–Crippen MR) is 86.7 cm³/mol. The zero-order valence-corrected chi connectivity index (χ0v) is 12.6. The molecule has 2 unspecified atom stereocenters. The van der Waals surface area contributed by atoms with Crippen LogP contribution in [0.5, 0.6) is 5.75 Å². The van der Waals surface area contributed by atoms with Crippen molar-refractivity contribution < 1.29 is 9.84 Å². The van der Waals surface area contributed by atoms with Crippen LogP contribution in [-0.2, 0) is 0 Å². The maximum atomic E-state index is 10.1. The summed E-state index contributed by atoms with van der Waals surface area (Å²) in [5.74, 6) is 0.851. The van der Waals surface area contributed by atoms with E-state index in [2.05, 4.69) is 19.2 Å². The molecule has 0 fully saturated rings. The zero-order chi connectivity index (χ0) is 15.1. The lowest BCUT2D eigenvalue weighted by atomic mass is 10.1. The van der Waals surface area contributed by atoms with E-state index >= 15 is 0 Å². The molecule has 112 valence electrons. The number of hydrogen-bond acceptors (Lipinski definition) is 3. The standard InChI is InChI=1S/C18H23NO2/c1-3-14(2)21-17-11-7-10-16(12-17)19-13-18(20)15-8-5-4-6-9-15/h4-12,14,18-20H,3,13H2,1-2H3. The minimum Gasteiger partial charge on any atom is -0.491 e. The largest absolute Gasteiger partial charge is 0.491 e. The van der Waals surface area contributed by atoms with Crippen molar-refractivity contribution in [1.29, 1.82) is 0 Å². The van der Waals surface area contributed by atoms with Crippen molar-refractivity contribution in [2.45, 2.75) is 32.5 Å². The molecule has 0 saturated heterocycles. The molecule has 0 saturated carbocycles. The summed E-state index contributed by atoms with van der Waals surface area (Å²) in [6.07, 6.45) is 0.658. The van der Waals surface area contributed by atoms with Gasteiger partial charge < -0.3 is 15.2 Å². The molecule has 3 nitrogen and oxygen atoms in total. The number of anilines is 1. The van der Waals surface area contributed by atoms with Gasteiger partial charge in [0, 0.05) is 18.3 Å². The molecule has 0 amide bonds. The summed E-state index contributed by atoms with van der Waals surface area (Å²) < 4.78 is 5.79. The van der Waals surface area contributed by atoms with Gasteiger partial charge >= 0.3 is 0 Å². The Morgan fingerprint density at radius 2 is 1.86 bits per heavy atom. The Kier molecular flexibility index (Phi) is 5.64. The molecule has 0 aliphatic carbocycles. The van der Waals surface area contributed by atoms with Crippen molar-refractivity contribution in [3.63, 3.8) is 0 Å². The van der Waals surface area contributed by atoms with Crippen molar-refractivity contribution in [3.8, 4) is 5.75 Å². The van der Waals surface area contributed by atoms with Gasteiger partial charge in [-0.25, -0.2) is 0 Å². The van der Waals surface area contributed by atoms with Crippen LogP contribution >= 0.6 is 0 Å². The summed E-state index contributed by atoms with van der Waals surface area (Å²) in [7, 11) is 0. The van der Waals surface area contributed by atoms with Crippen LogP contribution in [0.1, 0.15) is 31.9 Å². The number of nitrogens with one attached hydrogen (secondary N) is 1. The van der Waals surface area contributed by atoms with Crippen LogP contribution in [0.25, 0.3) is 0 Å². The lowest BCUT2D eigenvalue weighted by molar-refractivity contribution is 0.191. The Bertz CT molecular complexity index is 542. The molecule has 2 aromatic rings. The van der Waals surface area contributed by atoms with E-state index in [0.29, 0.717) is 6.54 Å². The smallest absolute Gasteiger partial charge is 0.121 e. The van der Waals surface area contributed by atoms with E-state index in [1.165, 1.54) is 0 Å². The molecule has 0 spiro atoms. The fraction of sp³-hybridized carbons (Fsp3) is 0.333. The van der Waals surface area contributed by atoms with Gasteiger partial charge in [-0.2, -0.15) is 0 Å². The lowest BCUT2D eigenvalue weighted by Crippen LogP contribution is -2.13. The van der Waals surface area contributed by atoms with Crippen LogP contribution in [0.15, 0.2) is 54.6 Å². The summed E-state index contributed by atoms with van der Waals surface area (Å²) in [6.45, 7) is 4.62. The Morgan fingerprint density at radius 1 is 1.10 bits per heavy atom. The van der Waals surface area contributed by atoms with Gasteiger partial charge in [-0.05, 0) is 31.0 Å². The van der Waals surface area contributed by atoms with E-state index < -0.39 is 6.10 Å². The van der Waals surface area contributed by atoms with Gasteiger partial charge in [0.1, 0.15) is 5.75 Å². The van der Waals surface area contributed by atoms with Gasteiger partial charge in [-0.15, -0.1) is 0 Å². The third-order valence-electron chi connectivity index (χ3n) is 3.43. The molecule has 0 heterocycles. The number of rotatable bonds is 7. The molecular formula is C18H23NO2. The summed E-state index contributed by atoms with van der Waals surface area (Å²) in [5.41, 5.74) is 1.86. The van der Waals surface area contributed by atoms with Gasteiger partial charge in [0.25, 0.3) is 0 Å². The minimum absolute atomic E-state index is 0.204. The number of aliphatic hydroxyl groups excluding tert-OH is 1. The molecule has 0 aliphatic heterocycles. The first-order valence-electron chi connectivity index (χ1n) is 7.42. The Labute approximate surface area is 126 Å². The van der Waals surface area contributed by atoms with E-state index in [9.17, 15) is 5.11 Å². The van der Waals surface area contributed by atoms with Crippen LogP contribution in [0, 0.1) is 0 Å². The van der Waals surface area contributed by atoms with Crippen molar-refractivity contribution in [1.82, 2.24) is 0 Å². The average Bonchev–Trinajstić information content (AvgIpc) is 2.53. The molecule has 21 heavy (non-hydrogen) atoms. The van der Waals surface area contributed by atoms with Crippen molar-refractivity contribution in [2.24, 2.45) is 0 Å². The number of benzene rings is 2. The van der Waals surface area contributed by atoms with Crippen LogP contribution in [0.4, 0.5) is 5.69 Å². The second-order valence-corrected chi connectivity index (χ2v) is 5.17. The van der Waals surface area contributed by atoms with Gasteiger partial charge in [0.2, 0.25) is 0 Å². The summed E-state index contributed by atoms with van der Waals surface area (Å²) in [4.78, 5) is 0. The van der Waals surface area contributed by atoms with E-state index in [0.717, 1.165) is 23.4 Å². The monoisotopic (exact) mass is 285 g/mol. The summed E-state index contributed by atoms with van der Waals surface area (Å²) >= 11 is 0. The fourth-order valence-electron chi connectivity index (χ4n) is 2.00. The van der Waals surface area contributed by atoms with E-state index in [-0.39, 0.29) is 6.10 Å². The second kappa shape index (κ2) is 7.70. The molecule has 2 atom stereocenters. The first-order chi connectivity index (χ1) is 10.2. The molecule has 0 aromatic heterocycles. The van der Waals surface area contributed by atoms with Crippen LogP contribution in [0.2, 0.25) is 0 Å². The Hall–Kier alpha value is -2.00. The Balaban J connectivity index is 1.92. The molecular weight excluding hydrogens is 262 g/mol. The quantitative estimate of drug-likeness (QED) is 0.807. The number of aliphatic hydroxyl groups is 1. The molecule has 3 heteroatoms. The van der Waals surface area contributed by atoms with Gasteiger partial charge in [-0.3, -0.25) is 0 Å². The zero-order valence-electron chi connectivity index (χ0n) is 12.6. The summed E-state index contributed by atoms with van der Waals surface area (Å²) in [6, 6.07) is 17.5. The van der Waals surface area contributed by atoms with Gasteiger partial charge in [0.05, 0.1) is 12.2 Å². The first-order valence-corrected chi connectivity index (χ1v) is 7.42. The molecule has 0 radical (unpaired) electrons. The number of ether oxygens (including phenoxy) is 1. The Morgan fingerprint density at radius 3 is 2.57 bits per heavy atom. The van der Waals surface area contributed by atoms with Crippen LogP contribution in [0.3, 0.4) is 0 Å². The normalized spacial score (nSPS) is 13.5. The third kappa shape index (κ3) is 4.80. The van der Waals surface area contributed by atoms with Crippen LogP contribution < -0.4 is 10.1 Å². The highest BCUT2D eigenvalue weighted by molar-refractivity contribution is 5.48. The summed E-state index contributed by atoms with van der Waals surface area (Å²) in [5, 5.41) is 13.4. The topological polar surface area (TPSA) is 41.5 Å². The minimum atomic E-state index is -0.523. The number of hydrogen-bond donors (Lipinski definition) is 2. The predicted octanol–water partition coefficient (Wildman–Crippen LogP) is 4.01. The lowest BCUT2D eigenvalue weighted by Gasteiger charge is -2.16. The highest BCUT2D eigenvalue weighted by Gasteiger charge is 2.07. The average molecular weight is 285 g/mol.